The molecule has 4 aliphatic rings. The summed E-state index contributed by atoms with van der Waals surface area (Å²) in [5, 5.41) is 9.48. The van der Waals surface area contributed by atoms with Crippen molar-refractivity contribution in [2.45, 2.75) is 106 Å². The molecule has 0 radical (unpaired) electrons. The van der Waals surface area contributed by atoms with Gasteiger partial charge in [0.05, 0.1) is 18.1 Å². The van der Waals surface area contributed by atoms with Crippen molar-refractivity contribution in [3.8, 4) is 6.07 Å². The van der Waals surface area contributed by atoms with Crippen LogP contribution in [0.4, 0.5) is 0 Å². The zero-order valence-corrected chi connectivity index (χ0v) is 23.8. The van der Waals surface area contributed by atoms with Gasteiger partial charge in [-0.2, -0.15) is 5.26 Å². The fourth-order valence-electron chi connectivity index (χ4n) is 9.52. The number of fused-ring (bicyclic) bond motifs is 5. The van der Waals surface area contributed by atoms with E-state index in [0.29, 0.717) is 13.0 Å². The van der Waals surface area contributed by atoms with Gasteiger partial charge in [-0.25, -0.2) is 0 Å². The van der Waals surface area contributed by atoms with Crippen molar-refractivity contribution >= 4 is 11.8 Å². The number of rotatable bonds is 5. The predicted molar refractivity (Wildman–Crippen MR) is 143 cm³/mol. The van der Waals surface area contributed by atoms with Crippen molar-refractivity contribution in [3.05, 3.63) is 23.8 Å². The Morgan fingerprint density at radius 2 is 1.81 bits per heavy atom. The fraction of sp³-hybridized carbons (Fsp3) is 0.781. The lowest BCUT2D eigenvalue weighted by molar-refractivity contribution is -0.168. The van der Waals surface area contributed by atoms with Gasteiger partial charge in [0.25, 0.3) is 0 Å². The van der Waals surface area contributed by atoms with Gasteiger partial charge in [-0.15, -0.1) is 0 Å². The third-order valence-corrected chi connectivity index (χ3v) is 12.0. The first-order valence-corrected chi connectivity index (χ1v) is 14.2. The average molecular weight is 494 g/mol. The molecule has 8 atom stereocenters. The molecule has 0 amide bonds. The van der Waals surface area contributed by atoms with Gasteiger partial charge in [0.15, 0.2) is 5.78 Å². The van der Waals surface area contributed by atoms with Crippen molar-refractivity contribution in [2.75, 3.05) is 6.61 Å². The Balaban J connectivity index is 1.82. The molecule has 4 heteroatoms. The lowest BCUT2D eigenvalue weighted by Gasteiger charge is -2.68. The summed E-state index contributed by atoms with van der Waals surface area (Å²) in [4.78, 5) is 27.3. The number of nitrogens with zero attached hydrogens (tertiary/aromatic N) is 1. The summed E-state index contributed by atoms with van der Waals surface area (Å²) < 4.78 is 5.52. The molecule has 0 aromatic heterocycles. The quantitative estimate of drug-likeness (QED) is 0.292. The van der Waals surface area contributed by atoms with Crippen molar-refractivity contribution < 1.29 is 14.3 Å². The first-order chi connectivity index (χ1) is 16.7. The van der Waals surface area contributed by atoms with E-state index in [1.165, 1.54) is 5.57 Å². The molecule has 4 rings (SSSR count). The second-order valence-electron chi connectivity index (χ2n) is 14.0. The lowest BCUT2D eigenvalue weighted by atomic mass is 9.35. The molecule has 0 saturated heterocycles. The zero-order valence-electron chi connectivity index (χ0n) is 23.8. The zero-order chi connectivity index (χ0) is 26.7. The smallest absolute Gasteiger partial charge is 0.311 e. The van der Waals surface area contributed by atoms with Crippen LogP contribution < -0.4 is 0 Å². The molecular weight excluding hydrogens is 446 g/mol. The van der Waals surface area contributed by atoms with Crippen LogP contribution >= 0.6 is 0 Å². The number of ether oxygens (including phenoxy) is 1. The third-order valence-electron chi connectivity index (χ3n) is 12.0. The van der Waals surface area contributed by atoms with E-state index in [-0.39, 0.29) is 51.2 Å². The van der Waals surface area contributed by atoms with Gasteiger partial charge in [0, 0.05) is 12.3 Å². The van der Waals surface area contributed by atoms with Crippen molar-refractivity contribution in [3.63, 3.8) is 0 Å². The first kappa shape index (κ1) is 27.2. The largest absolute Gasteiger partial charge is 0.466 e. The van der Waals surface area contributed by atoms with Crippen molar-refractivity contribution in [1.29, 1.82) is 5.26 Å². The van der Waals surface area contributed by atoms with E-state index in [4.69, 9.17) is 4.74 Å². The van der Waals surface area contributed by atoms with Crippen LogP contribution in [0.2, 0.25) is 0 Å². The molecule has 0 aromatic rings. The van der Waals surface area contributed by atoms with Crippen LogP contribution in [-0.2, 0) is 14.3 Å². The van der Waals surface area contributed by atoms with Crippen LogP contribution in [0.5, 0.6) is 0 Å². The SMILES string of the molecule is C=C(C)C1CC[C@]2(C)C(C(=O)C=C3C4C[C@@](C)(C(=O)OCC)CC[C@]4(C)CC[C@]32C)[C@@]1(C)CCC#N. The van der Waals surface area contributed by atoms with E-state index in [2.05, 4.69) is 54.2 Å². The Labute approximate surface area is 218 Å². The predicted octanol–water partition coefficient (Wildman–Crippen LogP) is 7.59. The molecule has 3 unspecified atom stereocenters. The Hall–Kier alpha value is -1.89. The van der Waals surface area contributed by atoms with E-state index in [0.717, 1.165) is 56.9 Å². The van der Waals surface area contributed by atoms with Gasteiger partial charge in [-0.05, 0) is 112 Å². The number of esters is 1. The second-order valence-corrected chi connectivity index (χ2v) is 14.0. The van der Waals surface area contributed by atoms with Gasteiger partial charge >= 0.3 is 5.97 Å². The van der Waals surface area contributed by atoms with Crippen molar-refractivity contribution in [1.82, 2.24) is 0 Å². The van der Waals surface area contributed by atoms with E-state index in [9.17, 15) is 14.9 Å². The third kappa shape index (κ3) is 3.66. The normalized spacial score (nSPS) is 45.9. The molecule has 3 fully saturated rings. The van der Waals surface area contributed by atoms with Crippen LogP contribution in [0.15, 0.2) is 23.8 Å². The van der Waals surface area contributed by atoms with Crippen LogP contribution in [0.1, 0.15) is 106 Å². The number of carbonyl (C=O) groups excluding carboxylic acids is 2. The van der Waals surface area contributed by atoms with E-state index in [1.54, 1.807) is 0 Å². The standard InChI is InChI=1S/C32H47NO3/c1-9-36-27(35)29(5)15-14-28(4)16-17-31(7)23(24(28)20-29)19-25(34)26-30(6,12-10-18-33)22(21(2)3)11-13-32(26,31)8/h19,22,24,26H,2,9-17,20H2,1,3-8H3/t22?,24?,26?,28-,29+,30+,31-,32-/m1/s1. The van der Waals surface area contributed by atoms with E-state index < -0.39 is 5.41 Å². The van der Waals surface area contributed by atoms with Crippen LogP contribution in [-0.4, -0.2) is 18.4 Å². The molecular formula is C32H47NO3. The molecule has 0 heterocycles. The Kier molecular flexibility index (Phi) is 6.67. The average Bonchev–Trinajstić information content (AvgIpc) is 2.80. The van der Waals surface area contributed by atoms with Gasteiger partial charge in [0.2, 0.25) is 0 Å². The van der Waals surface area contributed by atoms with Crippen LogP contribution in [0, 0.1) is 56.2 Å². The maximum atomic E-state index is 14.3. The number of nitriles is 1. The van der Waals surface area contributed by atoms with Crippen LogP contribution in [0.3, 0.4) is 0 Å². The number of ketones is 1. The molecule has 0 aromatic carbocycles. The summed E-state index contributed by atoms with van der Waals surface area (Å²) in [5.74, 6) is 0.501. The second kappa shape index (κ2) is 8.85. The highest BCUT2D eigenvalue weighted by molar-refractivity contribution is 5.95. The first-order valence-electron chi connectivity index (χ1n) is 14.2. The molecule has 4 nitrogen and oxygen atoms in total. The van der Waals surface area contributed by atoms with Crippen LogP contribution in [0.25, 0.3) is 0 Å². The molecule has 3 saturated carbocycles. The molecule has 0 aliphatic heterocycles. The molecule has 0 bridgehead atoms. The minimum atomic E-state index is -0.501. The number of carbonyl (C=O) groups is 2. The van der Waals surface area contributed by atoms with Gasteiger partial charge in [-0.3, -0.25) is 9.59 Å². The van der Waals surface area contributed by atoms with Gasteiger partial charge < -0.3 is 4.74 Å². The molecule has 198 valence electrons. The Morgan fingerprint density at radius 3 is 2.42 bits per heavy atom. The number of hydrogen-bond acceptors (Lipinski definition) is 4. The number of hydrogen-bond donors (Lipinski definition) is 0. The maximum Gasteiger partial charge on any atom is 0.311 e. The minimum Gasteiger partial charge on any atom is -0.466 e. The molecule has 4 aliphatic carbocycles. The summed E-state index contributed by atoms with van der Waals surface area (Å²) in [6.07, 6.45) is 10.0. The molecule has 0 N–H and O–H groups in total. The monoisotopic (exact) mass is 493 g/mol. The molecule has 0 spiro atoms. The topological polar surface area (TPSA) is 67.2 Å². The van der Waals surface area contributed by atoms with Gasteiger partial charge in [-0.1, -0.05) is 45.4 Å². The number of allylic oxidation sites excluding steroid dienone is 3. The summed E-state index contributed by atoms with van der Waals surface area (Å²) in [7, 11) is 0. The fourth-order valence-corrected chi connectivity index (χ4v) is 9.52. The molecule has 36 heavy (non-hydrogen) atoms. The minimum absolute atomic E-state index is 0.0859. The maximum absolute atomic E-state index is 14.3. The highest BCUT2D eigenvalue weighted by Gasteiger charge is 2.68. The Morgan fingerprint density at radius 1 is 1.14 bits per heavy atom. The highest BCUT2D eigenvalue weighted by Crippen LogP contribution is 2.73. The highest BCUT2D eigenvalue weighted by atomic mass is 16.5. The summed E-state index contributed by atoms with van der Waals surface area (Å²) >= 11 is 0. The summed E-state index contributed by atoms with van der Waals surface area (Å²) in [6, 6.07) is 2.36. The lowest BCUT2D eigenvalue weighted by Crippen LogP contribution is -2.63. The van der Waals surface area contributed by atoms with E-state index >= 15 is 0 Å². The van der Waals surface area contributed by atoms with E-state index in [1.807, 2.05) is 13.0 Å². The Bertz CT molecular complexity index is 1040. The van der Waals surface area contributed by atoms with Crippen molar-refractivity contribution in [2.24, 2.45) is 44.8 Å². The summed E-state index contributed by atoms with van der Waals surface area (Å²) in [5.41, 5.74) is 1.49. The summed E-state index contributed by atoms with van der Waals surface area (Å²) in [6.45, 7) is 20.2. The van der Waals surface area contributed by atoms with Gasteiger partial charge in [0.1, 0.15) is 0 Å².